The molecule has 0 bridgehead atoms. The summed E-state index contributed by atoms with van der Waals surface area (Å²) in [5.41, 5.74) is -0.437. The molecule has 1 aromatic heterocycles. The van der Waals surface area contributed by atoms with Gasteiger partial charge < -0.3 is 10.1 Å². The van der Waals surface area contributed by atoms with Gasteiger partial charge in [-0.25, -0.2) is 0 Å². The van der Waals surface area contributed by atoms with Crippen molar-refractivity contribution < 1.29 is 22.7 Å². The van der Waals surface area contributed by atoms with E-state index in [-0.39, 0.29) is 24.5 Å². The van der Waals surface area contributed by atoms with Gasteiger partial charge in [-0.3, -0.25) is 9.48 Å². The van der Waals surface area contributed by atoms with Crippen LogP contribution in [0.25, 0.3) is 0 Å². The Balaban J connectivity index is 1.86. The van der Waals surface area contributed by atoms with Crippen LogP contribution in [0.3, 0.4) is 0 Å². The summed E-state index contributed by atoms with van der Waals surface area (Å²) in [6.07, 6.45) is -2.00. The highest BCUT2D eigenvalue weighted by molar-refractivity contribution is 5.75. The second-order valence-corrected chi connectivity index (χ2v) is 6.01. The fourth-order valence-electron chi connectivity index (χ4n) is 2.22. The normalized spacial score (nSPS) is 15.2. The van der Waals surface area contributed by atoms with Gasteiger partial charge in [0.15, 0.2) is 5.69 Å². The molecule has 8 heteroatoms. The number of carbonyl (C=O) groups excluding carboxylic acids is 1. The molecule has 23 heavy (non-hydrogen) atoms. The van der Waals surface area contributed by atoms with E-state index in [1.165, 1.54) is 4.68 Å². The molecule has 0 spiro atoms. The molecule has 0 aromatic carbocycles. The molecule has 0 radical (unpaired) electrons. The molecule has 0 aliphatic heterocycles. The van der Waals surface area contributed by atoms with E-state index in [0.29, 0.717) is 25.3 Å². The molecule has 0 saturated heterocycles. The molecular weight excluding hydrogens is 311 g/mol. The number of carbonyl (C=O) groups is 1. The van der Waals surface area contributed by atoms with Gasteiger partial charge >= 0.3 is 6.18 Å². The molecule has 1 fully saturated rings. The third-order valence-corrected chi connectivity index (χ3v) is 3.48. The third kappa shape index (κ3) is 5.53. The van der Waals surface area contributed by atoms with Crippen molar-refractivity contribution in [2.24, 2.45) is 0 Å². The number of amides is 1. The van der Waals surface area contributed by atoms with Crippen molar-refractivity contribution in [3.05, 3.63) is 17.5 Å². The van der Waals surface area contributed by atoms with Crippen LogP contribution in [0.1, 0.15) is 50.4 Å². The summed E-state index contributed by atoms with van der Waals surface area (Å²) in [6.45, 7) is 4.62. The second kappa shape index (κ2) is 7.33. The predicted molar refractivity (Wildman–Crippen MR) is 77.9 cm³/mol. The number of rotatable bonds is 8. The van der Waals surface area contributed by atoms with Crippen LogP contribution in [0.5, 0.6) is 0 Å². The van der Waals surface area contributed by atoms with Crippen LogP contribution < -0.4 is 5.32 Å². The average Bonchev–Trinajstić information content (AvgIpc) is 3.18. The summed E-state index contributed by atoms with van der Waals surface area (Å²) < 4.78 is 44.8. The maximum absolute atomic E-state index is 12.8. The Bertz CT molecular complexity index is 537. The SMILES string of the molecule is CC(C)OCCCNC(=O)Cn1nc(C(F)(F)F)cc1C1CC1. The maximum Gasteiger partial charge on any atom is 0.435 e. The number of nitrogens with one attached hydrogen (secondary N) is 1. The van der Waals surface area contributed by atoms with Crippen molar-refractivity contribution in [1.82, 2.24) is 15.1 Å². The fourth-order valence-corrected chi connectivity index (χ4v) is 2.22. The van der Waals surface area contributed by atoms with Crippen LogP contribution in [0.15, 0.2) is 6.07 Å². The van der Waals surface area contributed by atoms with Crippen molar-refractivity contribution in [2.75, 3.05) is 13.2 Å². The van der Waals surface area contributed by atoms with E-state index < -0.39 is 11.9 Å². The van der Waals surface area contributed by atoms with Gasteiger partial charge in [0.05, 0.1) is 6.10 Å². The zero-order valence-electron chi connectivity index (χ0n) is 13.3. The molecule has 1 heterocycles. The Morgan fingerprint density at radius 1 is 1.48 bits per heavy atom. The minimum absolute atomic E-state index is 0.0887. The fraction of sp³-hybridized carbons (Fsp3) is 0.733. The van der Waals surface area contributed by atoms with Gasteiger partial charge in [0, 0.05) is 24.8 Å². The molecule has 1 saturated carbocycles. The van der Waals surface area contributed by atoms with Crippen LogP contribution in [-0.2, 0) is 22.3 Å². The highest BCUT2D eigenvalue weighted by atomic mass is 19.4. The lowest BCUT2D eigenvalue weighted by atomic mass is 10.2. The van der Waals surface area contributed by atoms with Gasteiger partial charge in [-0.1, -0.05) is 0 Å². The molecule has 2 rings (SSSR count). The summed E-state index contributed by atoms with van der Waals surface area (Å²) in [6, 6.07) is 1.06. The topological polar surface area (TPSA) is 56.1 Å². The molecule has 1 aromatic rings. The number of alkyl halides is 3. The number of halogens is 3. The molecular formula is C15H22F3N3O2. The molecule has 5 nitrogen and oxygen atoms in total. The van der Waals surface area contributed by atoms with Gasteiger partial charge in [0.1, 0.15) is 6.54 Å². The summed E-state index contributed by atoms with van der Waals surface area (Å²) in [5.74, 6) is -0.251. The van der Waals surface area contributed by atoms with E-state index in [2.05, 4.69) is 10.4 Å². The average molecular weight is 333 g/mol. The first-order chi connectivity index (χ1) is 10.8. The van der Waals surface area contributed by atoms with E-state index in [9.17, 15) is 18.0 Å². The van der Waals surface area contributed by atoms with Crippen LogP contribution in [-0.4, -0.2) is 34.9 Å². The lowest BCUT2D eigenvalue weighted by Crippen LogP contribution is -2.30. The molecule has 1 aliphatic rings. The first kappa shape index (κ1) is 17.8. The van der Waals surface area contributed by atoms with Crippen molar-refractivity contribution in [1.29, 1.82) is 0 Å². The van der Waals surface area contributed by atoms with Crippen molar-refractivity contribution in [2.45, 2.75) is 57.9 Å². The van der Waals surface area contributed by atoms with Crippen LogP contribution in [0.2, 0.25) is 0 Å². The maximum atomic E-state index is 12.8. The zero-order chi connectivity index (χ0) is 17.0. The Morgan fingerprint density at radius 3 is 2.74 bits per heavy atom. The summed E-state index contributed by atoms with van der Waals surface area (Å²) in [7, 11) is 0. The van der Waals surface area contributed by atoms with Crippen LogP contribution in [0, 0.1) is 0 Å². The Labute approximate surface area is 133 Å². The van der Waals surface area contributed by atoms with Crippen molar-refractivity contribution in [3.63, 3.8) is 0 Å². The molecule has 0 unspecified atom stereocenters. The molecule has 130 valence electrons. The first-order valence-corrected chi connectivity index (χ1v) is 7.80. The summed E-state index contributed by atoms with van der Waals surface area (Å²) in [5, 5.41) is 6.23. The third-order valence-electron chi connectivity index (χ3n) is 3.48. The highest BCUT2D eigenvalue weighted by Crippen LogP contribution is 2.42. The van der Waals surface area contributed by atoms with Crippen LogP contribution >= 0.6 is 0 Å². The minimum Gasteiger partial charge on any atom is -0.379 e. The van der Waals surface area contributed by atoms with E-state index in [1.807, 2.05) is 13.8 Å². The second-order valence-electron chi connectivity index (χ2n) is 6.01. The van der Waals surface area contributed by atoms with Crippen molar-refractivity contribution in [3.8, 4) is 0 Å². The van der Waals surface area contributed by atoms with E-state index >= 15 is 0 Å². The van der Waals surface area contributed by atoms with Crippen molar-refractivity contribution >= 4 is 5.91 Å². The van der Waals surface area contributed by atoms with E-state index in [4.69, 9.17) is 4.74 Å². The number of hydrogen-bond donors (Lipinski definition) is 1. The summed E-state index contributed by atoms with van der Waals surface area (Å²) >= 11 is 0. The van der Waals surface area contributed by atoms with Gasteiger partial charge in [-0.2, -0.15) is 18.3 Å². The van der Waals surface area contributed by atoms with E-state index in [1.54, 1.807) is 0 Å². The van der Waals surface area contributed by atoms with Crippen LogP contribution in [0.4, 0.5) is 13.2 Å². The van der Waals surface area contributed by atoms with Gasteiger partial charge in [-0.05, 0) is 39.2 Å². The van der Waals surface area contributed by atoms with Gasteiger partial charge in [-0.15, -0.1) is 0 Å². The number of hydrogen-bond acceptors (Lipinski definition) is 3. The lowest BCUT2D eigenvalue weighted by molar-refractivity contribution is -0.141. The highest BCUT2D eigenvalue weighted by Gasteiger charge is 2.38. The zero-order valence-corrected chi connectivity index (χ0v) is 13.3. The Hall–Kier alpha value is -1.57. The summed E-state index contributed by atoms with van der Waals surface area (Å²) in [4.78, 5) is 11.9. The monoisotopic (exact) mass is 333 g/mol. The number of aromatic nitrogens is 2. The molecule has 0 atom stereocenters. The molecule has 1 N–H and O–H groups in total. The quantitative estimate of drug-likeness (QED) is 0.744. The first-order valence-electron chi connectivity index (χ1n) is 7.80. The Morgan fingerprint density at radius 2 is 2.17 bits per heavy atom. The largest absolute Gasteiger partial charge is 0.435 e. The number of ether oxygens (including phenoxy) is 1. The minimum atomic E-state index is -4.49. The molecule has 1 amide bonds. The molecule has 1 aliphatic carbocycles. The predicted octanol–water partition coefficient (Wildman–Crippen LogP) is 2.71. The van der Waals surface area contributed by atoms with Gasteiger partial charge in [0.25, 0.3) is 0 Å². The number of nitrogens with zero attached hydrogens (tertiary/aromatic N) is 2. The smallest absolute Gasteiger partial charge is 0.379 e. The van der Waals surface area contributed by atoms with Gasteiger partial charge in [0.2, 0.25) is 5.91 Å². The van der Waals surface area contributed by atoms with E-state index in [0.717, 1.165) is 18.9 Å². The lowest BCUT2D eigenvalue weighted by Gasteiger charge is -2.09. The standard InChI is InChI=1S/C15H22F3N3O2/c1-10(2)23-7-3-6-19-14(22)9-21-12(11-4-5-11)8-13(20-21)15(16,17)18/h8,10-11H,3-7,9H2,1-2H3,(H,19,22). The Kier molecular flexibility index (Phi) is 5.67.